The molecule has 0 radical (unpaired) electrons. The third-order valence-electron chi connectivity index (χ3n) is 0.442. The van der Waals surface area contributed by atoms with E-state index in [2.05, 4.69) is 11.1 Å². The van der Waals surface area contributed by atoms with Crippen LogP contribution < -0.4 is 0 Å². The molecule has 0 spiro atoms. The van der Waals surface area contributed by atoms with Gasteiger partial charge in [0.2, 0.25) is 0 Å². The molecule has 1 aromatic heterocycles. The summed E-state index contributed by atoms with van der Waals surface area (Å²) in [5.74, 6) is 1.89. The Balaban J connectivity index is 3.13. The number of aromatic nitrogens is 1. The second kappa shape index (κ2) is 1.06. The fraction of sp³-hybridized carbons (Fsp3) is 0. The molecule has 2 heteroatoms. The van der Waals surface area contributed by atoms with Crippen molar-refractivity contribution in [3.63, 3.8) is 0 Å². The van der Waals surface area contributed by atoms with Gasteiger partial charge in [-0.25, -0.2) is 0 Å². The van der Waals surface area contributed by atoms with Gasteiger partial charge in [0.25, 0.3) is 0 Å². The minimum absolute atomic E-state index is 1.82. The normalized spacial score (nSPS) is 7.20. The predicted octanol–water partition coefficient (Wildman–Crippen LogP) is 0.153. The molecule has 0 saturated heterocycles. The van der Waals surface area contributed by atoms with Gasteiger partial charge in [0.1, 0.15) is 0 Å². The molecule has 5 heavy (non-hydrogen) atoms. The molecule has 0 bridgehead atoms. The Hall–Kier alpha value is -0.525. The van der Waals surface area contributed by atoms with Crippen LogP contribution in [-0.4, -0.2) is 11.9 Å². The van der Waals surface area contributed by atoms with Crippen LogP contribution in [0.3, 0.4) is 0 Å². The van der Waals surface area contributed by atoms with Crippen molar-refractivity contribution in [3.8, 4) is 0 Å². The van der Waals surface area contributed by atoms with Crippen molar-refractivity contribution in [1.82, 2.24) is 4.98 Å². The molecule has 24 valence electrons. The van der Waals surface area contributed by atoms with Crippen LogP contribution in [0, 0.1) is 6.09 Å². The number of hydrogen-bond acceptors (Lipinski definition) is 0. The molecule has 1 N–H and O–H groups in total. The number of nitrogens with one attached hydrogen (secondary N) is 1. The van der Waals surface area contributed by atoms with Crippen LogP contribution in [0.25, 0.3) is 0 Å². The van der Waals surface area contributed by atoms with Crippen LogP contribution in [0.15, 0.2) is 12.2 Å². The molecule has 0 aliphatic heterocycles. The van der Waals surface area contributed by atoms with Crippen molar-refractivity contribution in [1.29, 1.82) is 0 Å². The zero-order valence-electron chi connectivity index (χ0n) is 2.73. The summed E-state index contributed by atoms with van der Waals surface area (Å²) in [4.78, 5) is 2.74. The van der Waals surface area contributed by atoms with E-state index in [-0.39, 0.29) is 0 Å². The van der Waals surface area contributed by atoms with Gasteiger partial charge < -0.3 is 0 Å². The third kappa shape index (κ3) is 0.378. The Labute approximate surface area is 31.2 Å². The van der Waals surface area contributed by atoms with Gasteiger partial charge in [0.05, 0.1) is 0 Å². The first kappa shape index (κ1) is 2.70. The van der Waals surface area contributed by atoms with Crippen LogP contribution in [0.1, 0.15) is 0 Å². The summed E-state index contributed by atoms with van der Waals surface area (Å²) in [7, 11) is 0. The molecule has 0 aromatic carbocycles. The van der Waals surface area contributed by atoms with E-state index in [4.69, 9.17) is 0 Å². The predicted molar refractivity (Wildman–Crippen MR) is 21.0 cm³/mol. The average molecular weight is 63.9 g/mol. The molecule has 1 heterocycles. The molecule has 1 nitrogen and oxygen atoms in total. The zero-order chi connectivity index (χ0) is 3.54. The molecule has 0 aliphatic carbocycles. The summed E-state index contributed by atoms with van der Waals surface area (Å²) >= 11 is 0. The van der Waals surface area contributed by atoms with E-state index in [1.165, 1.54) is 0 Å². The van der Waals surface area contributed by atoms with E-state index in [0.717, 1.165) is 0 Å². The van der Waals surface area contributed by atoms with Gasteiger partial charge in [0.15, 0.2) is 0 Å². The van der Waals surface area contributed by atoms with Gasteiger partial charge in [-0.2, -0.15) is 0 Å². The summed E-state index contributed by atoms with van der Waals surface area (Å²) in [5.41, 5.74) is 0. The van der Waals surface area contributed by atoms with Crippen molar-refractivity contribution in [2.45, 2.75) is 0 Å². The van der Waals surface area contributed by atoms with Gasteiger partial charge in [-0.1, -0.05) is 0 Å². The van der Waals surface area contributed by atoms with E-state index < -0.39 is 0 Å². The van der Waals surface area contributed by atoms with Crippen LogP contribution >= 0.6 is 0 Å². The van der Waals surface area contributed by atoms with E-state index in [0.29, 0.717) is 0 Å². The standard InChI is InChI=1S/C3H3BN/c1-2-5-3-4-1/h1-2,5H/q-1. The van der Waals surface area contributed by atoms with Crippen molar-refractivity contribution < 1.29 is 0 Å². The molecule has 1 aromatic rings. The summed E-state index contributed by atoms with van der Waals surface area (Å²) in [6, 6.07) is 0. The van der Waals surface area contributed by atoms with Crippen LogP contribution in [0.4, 0.5) is 0 Å². The summed E-state index contributed by atoms with van der Waals surface area (Å²) in [5, 5.41) is 0. The molecule has 0 saturated carbocycles. The zero-order valence-corrected chi connectivity index (χ0v) is 2.73. The summed E-state index contributed by atoms with van der Waals surface area (Å²) in [6.07, 6.45) is 4.56. The first-order valence-electron chi connectivity index (χ1n) is 1.49. The number of aromatic amines is 1. The topological polar surface area (TPSA) is 15.8 Å². The first-order valence-corrected chi connectivity index (χ1v) is 1.49. The molecular weight excluding hydrogens is 60.9 g/mol. The summed E-state index contributed by atoms with van der Waals surface area (Å²) in [6.45, 7) is 1.82. The second-order valence-electron chi connectivity index (χ2n) is 0.814. The van der Waals surface area contributed by atoms with Gasteiger partial charge >= 0.3 is 30.1 Å². The van der Waals surface area contributed by atoms with Crippen molar-refractivity contribution in [2.75, 3.05) is 0 Å². The van der Waals surface area contributed by atoms with E-state index >= 15 is 0 Å². The van der Waals surface area contributed by atoms with Crippen molar-refractivity contribution in [3.05, 3.63) is 18.3 Å². The quantitative estimate of drug-likeness (QED) is 0.413. The molecule has 0 amide bonds. The van der Waals surface area contributed by atoms with Gasteiger partial charge in [-0.15, -0.1) is 0 Å². The van der Waals surface area contributed by atoms with Gasteiger partial charge in [0, 0.05) is 0 Å². The number of hydrogen-bond donors (Lipinski definition) is 1. The maximum atomic E-state index is 2.74. The maximum absolute atomic E-state index is 2.74. The van der Waals surface area contributed by atoms with E-state index in [9.17, 15) is 0 Å². The van der Waals surface area contributed by atoms with Gasteiger partial charge in [-0.05, 0) is 0 Å². The van der Waals surface area contributed by atoms with Crippen LogP contribution in [0.5, 0.6) is 0 Å². The van der Waals surface area contributed by atoms with Crippen molar-refractivity contribution in [2.24, 2.45) is 0 Å². The van der Waals surface area contributed by atoms with E-state index in [1.807, 2.05) is 19.1 Å². The Morgan fingerprint density at radius 1 is 1.80 bits per heavy atom. The number of H-pyrrole nitrogens is 1. The summed E-state index contributed by atoms with van der Waals surface area (Å²) < 4.78 is 0. The SMILES string of the molecule is b1[c-][nH]cc1. The van der Waals surface area contributed by atoms with Gasteiger partial charge in [-0.3, -0.25) is 0 Å². The Kier molecular flexibility index (Phi) is 0.574. The minimum atomic E-state index is 1.82. The molecule has 0 fully saturated rings. The Morgan fingerprint density at radius 3 is 3.00 bits per heavy atom. The molecule has 1 rings (SSSR count). The number of rotatable bonds is 0. The first-order chi connectivity index (χ1) is 2.50. The second-order valence-corrected chi connectivity index (χ2v) is 0.814. The van der Waals surface area contributed by atoms with Crippen LogP contribution in [-0.2, 0) is 0 Å². The van der Waals surface area contributed by atoms with Crippen LogP contribution in [0.2, 0.25) is 0 Å². The molecule has 0 unspecified atom stereocenters. The Bertz CT molecular complexity index is 63.4. The Morgan fingerprint density at radius 2 is 2.80 bits per heavy atom. The average Bonchev–Trinajstić information content (AvgIpc) is 1.76. The fourth-order valence-electron chi connectivity index (χ4n) is 0.241. The van der Waals surface area contributed by atoms with Crippen molar-refractivity contribution >= 4 is 6.91 Å². The fourth-order valence-corrected chi connectivity index (χ4v) is 0.241. The third-order valence-corrected chi connectivity index (χ3v) is 0.442. The molecule has 0 atom stereocenters. The monoisotopic (exact) mass is 64.0 g/mol. The molecule has 0 aliphatic rings. The molecular formula is C3H3BN-. The van der Waals surface area contributed by atoms with E-state index in [1.54, 1.807) is 0 Å².